The van der Waals surface area contributed by atoms with Crippen LogP contribution >= 0.6 is 0 Å². The van der Waals surface area contributed by atoms with E-state index in [9.17, 15) is 14.4 Å². The van der Waals surface area contributed by atoms with Crippen molar-refractivity contribution < 1.29 is 19.5 Å². The van der Waals surface area contributed by atoms with Crippen LogP contribution in [0.2, 0.25) is 0 Å². The molecule has 1 rings (SSSR count). The first kappa shape index (κ1) is 14.4. The summed E-state index contributed by atoms with van der Waals surface area (Å²) in [6.45, 7) is 2.26. The van der Waals surface area contributed by atoms with Gasteiger partial charge in [0.15, 0.2) is 0 Å². The Morgan fingerprint density at radius 3 is 2.33 bits per heavy atom. The van der Waals surface area contributed by atoms with Gasteiger partial charge in [0.2, 0.25) is 11.8 Å². The number of carboxylic acids is 1. The summed E-state index contributed by atoms with van der Waals surface area (Å²) in [6.07, 6.45) is 0.859. The highest BCUT2D eigenvalue weighted by Crippen LogP contribution is 2.30. The van der Waals surface area contributed by atoms with Gasteiger partial charge in [-0.05, 0) is 19.8 Å². The highest BCUT2D eigenvalue weighted by atomic mass is 16.4. The number of nitrogens with two attached hydrogens (primary N) is 1. The fraction of sp³-hybridized carbons (Fsp3) is 0.727. The van der Waals surface area contributed by atoms with E-state index in [1.54, 1.807) is 11.8 Å². The third kappa shape index (κ3) is 3.43. The Balaban J connectivity index is 2.41. The van der Waals surface area contributed by atoms with Gasteiger partial charge in [0.05, 0.1) is 18.5 Å². The van der Waals surface area contributed by atoms with Crippen molar-refractivity contribution in [2.24, 2.45) is 11.1 Å². The van der Waals surface area contributed by atoms with Crippen molar-refractivity contribution in [2.45, 2.75) is 19.8 Å². The predicted molar refractivity (Wildman–Crippen MR) is 63.6 cm³/mol. The van der Waals surface area contributed by atoms with Gasteiger partial charge in [-0.25, -0.2) is 0 Å². The molecule has 0 spiro atoms. The average molecular weight is 257 g/mol. The first-order valence-electron chi connectivity index (χ1n) is 5.87. The lowest BCUT2D eigenvalue weighted by atomic mass is 9.80. The van der Waals surface area contributed by atoms with E-state index in [0.717, 1.165) is 0 Å². The molecule has 0 aromatic carbocycles. The van der Waals surface area contributed by atoms with E-state index >= 15 is 0 Å². The van der Waals surface area contributed by atoms with Gasteiger partial charge < -0.3 is 21.1 Å². The van der Waals surface area contributed by atoms with Gasteiger partial charge in [0, 0.05) is 13.1 Å². The van der Waals surface area contributed by atoms with Crippen LogP contribution in [0.1, 0.15) is 19.8 Å². The smallest absolute Gasteiger partial charge is 0.309 e. The molecule has 0 aromatic heterocycles. The molecule has 1 heterocycles. The van der Waals surface area contributed by atoms with Crippen molar-refractivity contribution in [1.82, 2.24) is 10.2 Å². The molecule has 18 heavy (non-hydrogen) atoms. The van der Waals surface area contributed by atoms with E-state index in [4.69, 9.17) is 10.8 Å². The van der Waals surface area contributed by atoms with Crippen LogP contribution in [0, 0.1) is 5.41 Å². The molecule has 0 aromatic rings. The van der Waals surface area contributed by atoms with E-state index in [-0.39, 0.29) is 24.9 Å². The minimum atomic E-state index is -0.828. The zero-order chi connectivity index (χ0) is 13.8. The third-order valence-corrected chi connectivity index (χ3v) is 3.36. The van der Waals surface area contributed by atoms with Crippen LogP contribution in [0.5, 0.6) is 0 Å². The summed E-state index contributed by atoms with van der Waals surface area (Å²) in [5.41, 5.74) is 4.35. The van der Waals surface area contributed by atoms with Gasteiger partial charge in [-0.2, -0.15) is 0 Å². The Kier molecular flexibility index (Phi) is 4.66. The number of nitrogens with one attached hydrogen (secondary N) is 1. The summed E-state index contributed by atoms with van der Waals surface area (Å²) >= 11 is 0. The van der Waals surface area contributed by atoms with Gasteiger partial charge in [-0.1, -0.05) is 0 Å². The summed E-state index contributed by atoms with van der Waals surface area (Å²) in [4.78, 5) is 35.2. The molecular weight excluding hydrogens is 238 g/mol. The van der Waals surface area contributed by atoms with Gasteiger partial charge in [-0.15, -0.1) is 0 Å². The summed E-state index contributed by atoms with van der Waals surface area (Å²) in [5, 5.41) is 11.5. The molecule has 1 saturated heterocycles. The van der Waals surface area contributed by atoms with Gasteiger partial charge in [-0.3, -0.25) is 14.4 Å². The number of aliphatic carboxylic acids is 1. The van der Waals surface area contributed by atoms with Crippen LogP contribution < -0.4 is 11.1 Å². The lowest BCUT2D eigenvalue weighted by molar-refractivity contribution is -0.152. The highest BCUT2D eigenvalue weighted by molar-refractivity contribution is 5.85. The number of rotatable bonds is 4. The molecule has 0 aliphatic carbocycles. The number of hydrogen-bond acceptors (Lipinski definition) is 4. The topological polar surface area (TPSA) is 113 Å². The molecule has 0 atom stereocenters. The largest absolute Gasteiger partial charge is 0.481 e. The second-order valence-corrected chi connectivity index (χ2v) is 4.73. The van der Waals surface area contributed by atoms with Crippen molar-refractivity contribution in [1.29, 1.82) is 0 Å². The zero-order valence-corrected chi connectivity index (χ0v) is 10.4. The van der Waals surface area contributed by atoms with Crippen LogP contribution in [-0.2, 0) is 14.4 Å². The molecule has 0 radical (unpaired) electrons. The standard InChI is InChI=1S/C11H19N3O4/c1-11(10(17)18)2-4-14(5-3-11)9(16)7-13-8(15)6-12/h2-7,12H2,1H3,(H,13,15)(H,17,18). The van der Waals surface area contributed by atoms with Crippen molar-refractivity contribution in [3.8, 4) is 0 Å². The predicted octanol–water partition coefficient (Wildman–Crippen LogP) is -1.23. The fourth-order valence-corrected chi connectivity index (χ4v) is 1.82. The SMILES string of the molecule is CC1(C(=O)O)CCN(C(=O)CNC(=O)CN)CC1. The van der Waals surface area contributed by atoms with Crippen LogP contribution in [-0.4, -0.2) is 54.0 Å². The van der Waals surface area contributed by atoms with Crippen molar-refractivity contribution in [2.75, 3.05) is 26.2 Å². The lowest BCUT2D eigenvalue weighted by Gasteiger charge is -2.36. The molecule has 0 unspecified atom stereocenters. The molecule has 0 bridgehead atoms. The Morgan fingerprint density at radius 1 is 1.33 bits per heavy atom. The van der Waals surface area contributed by atoms with Crippen LogP contribution in [0.4, 0.5) is 0 Å². The van der Waals surface area contributed by atoms with Gasteiger partial charge in [0.25, 0.3) is 0 Å². The van der Waals surface area contributed by atoms with Crippen molar-refractivity contribution >= 4 is 17.8 Å². The fourth-order valence-electron chi connectivity index (χ4n) is 1.82. The Labute approximate surface area is 105 Å². The highest BCUT2D eigenvalue weighted by Gasteiger charge is 2.37. The second kappa shape index (κ2) is 5.81. The Hall–Kier alpha value is -1.63. The normalized spacial score (nSPS) is 18.2. The molecule has 2 amide bonds. The molecule has 102 valence electrons. The van der Waals surface area contributed by atoms with Crippen molar-refractivity contribution in [3.05, 3.63) is 0 Å². The maximum absolute atomic E-state index is 11.7. The first-order valence-corrected chi connectivity index (χ1v) is 5.87. The minimum Gasteiger partial charge on any atom is -0.481 e. The Morgan fingerprint density at radius 2 is 1.89 bits per heavy atom. The average Bonchev–Trinajstić information content (AvgIpc) is 2.36. The minimum absolute atomic E-state index is 0.0835. The number of nitrogens with zero attached hydrogens (tertiary/aromatic N) is 1. The molecule has 7 heteroatoms. The zero-order valence-electron chi connectivity index (χ0n) is 10.4. The number of carbonyl (C=O) groups is 3. The maximum Gasteiger partial charge on any atom is 0.309 e. The first-order chi connectivity index (χ1) is 8.39. The van der Waals surface area contributed by atoms with E-state index in [1.807, 2.05) is 0 Å². The van der Waals surface area contributed by atoms with Crippen LogP contribution in [0.25, 0.3) is 0 Å². The molecule has 7 nitrogen and oxygen atoms in total. The molecule has 1 fully saturated rings. The van der Waals surface area contributed by atoms with Gasteiger partial charge in [0.1, 0.15) is 0 Å². The van der Waals surface area contributed by atoms with E-state index in [2.05, 4.69) is 5.32 Å². The molecule has 1 aliphatic rings. The summed E-state index contributed by atoms with van der Waals surface area (Å²) in [7, 11) is 0. The third-order valence-electron chi connectivity index (χ3n) is 3.36. The van der Waals surface area contributed by atoms with E-state index in [1.165, 1.54) is 0 Å². The number of hydrogen-bond donors (Lipinski definition) is 3. The monoisotopic (exact) mass is 257 g/mol. The maximum atomic E-state index is 11.7. The molecular formula is C11H19N3O4. The quantitative estimate of drug-likeness (QED) is 0.584. The molecule has 1 aliphatic heterocycles. The second-order valence-electron chi connectivity index (χ2n) is 4.73. The van der Waals surface area contributed by atoms with Gasteiger partial charge >= 0.3 is 5.97 Å². The van der Waals surface area contributed by atoms with Crippen molar-refractivity contribution in [3.63, 3.8) is 0 Å². The number of likely N-dealkylation sites (tertiary alicyclic amines) is 1. The lowest BCUT2D eigenvalue weighted by Crippen LogP contribution is -2.48. The number of amides is 2. The summed E-state index contributed by atoms with van der Waals surface area (Å²) in [5.74, 6) is -1.41. The summed E-state index contributed by atoms with van der Waals surface area (Å²) < 4.78 is 0. The number of carboxylic acid groups (broad SMARTS) is 1. The molecule has 4 N–H and O–H groups in total. The van der Waals surface area contributed by atoms with Crippen LogP contribution in [0.15, 0.2) is 0 Å². The number of piperidine rings is 1. The summed E-state index contributed by atoms with van der Waals surface area (Å²) in [6, 6.07) is 0. The Bertz CT molecular complexity index is 348. The number of carbonyl (C=O) groups excluding carboxylic acids is 2. The van der Waals surface area contributed by atoms with Crippen LogP contribution in [0.3, 0.4) is 0 Å². The van der Waals surface area contributed by atoms with E-state index in [0.29, 0.717) is 25.9 Å². The molecule has 0 saturated carbocycles. The van der Waals surface area contributed by atoms with E-state index < -0.39 is 11.4 Å².